The third-order valence-electron chi connectivity index (χ3n) is 2.24. The normalized spacial score (nSPS) is 12.6. The number of rotatable bonds is 10. The first-order valence-electron chi connectivity index (χ1n) is 5.96. The van der Waals surface area contributed by atoms with Crippen molar-refractivity contribution in [3.05, 3.63) is 35.9 Å². The molecule has 1 atom stereocenters. The molecule has 1 rings (SSSR count). The molecule has 102 valence electrons. The number of aliphatic hydroxyl groups excluding tert-OH is 1. The molecule has 0 amide bonds. The van der Waals surface area contributed by atoms with Crippen molar-refractivity contribution in [3.8, 4) is 0 Å². The third-order valence-corrected chi connectivity index (χ3v) is 2.24. The van der Waals surface area contributed by atoms with Gasteiger partial charge in [-0.1, -0.05) is 30.3 Å². The first-order valence-corrected chi connectivity index (χ1v) is 5.96. The van der Waals surface area contributed by atoms with Gasteiger partial charge in [0.25, 0.3) is 0 Å². The lowest BCUT2D eigenvalue weighted by Crippen LogP contribution is -2.30. The average molecular weight is 255 g/mol. The number of nitrogens with one attached hydrogen (secondary N) is 1. The van der Waals surface area contributed by atoms with E-state index in [1.165, 1.54) is 0 Å². The van der Waals surface area contributed by atoms with Crippen molar-refractivity contribution in [2.75, 3.05) is 33.5 Å². The summed E-state index contributed by atoms with van der Waals surface area (Å²) in [5.74, 6) is 0. The Bertz CT molecular complexity index is 294. The van der Waals surface area contributed by atoms with E-state index in [0.29, 0.717) is 26.4 Å². The molecule has 0 radical (unpaired) electrons. The van der Waals surface area contributed by atoms with Crippen LogP contribution in [0.5, 0.6) is 0 Å². The Morgan fingerprint density at radius 3 is 2.72 bits per heavy atom. The van der Waals surface area contributed by atoms with Gasteiger partial charge in [0.15, 0.2) is 0 Å². The minimum absolute atomic E-state index is 0.269. The van der Waals surface area contributed by atoms with Crippen molar-refractivity contribution in [3.63, 3.8) is 0 Å². The number of hydrogen-bond donors (Lipinski definition) is 2. The van der Waals surface area contributed by atoms with E-state index >= 15 is 0 Å². The fourth-order valence-corrected chi connectivity index (χ4v) is 1.28. The highest BCUT2D eigenvalue weighted by molar-refractivity contribution is 5.13. The number of ether oxygens (including phenoxy) is 2. The molecule has 18 heavy (non-hydrogen) atoms. The van der Waals surface area contributed by atoms with Crippen molar-refractivity contribution < 1.29 is 19.4 Å². The van der Waals surface area contributed by atoms with Crippen LogP contribution in [0.4, 0.5) is 0 Å². The van der Waals surface area contributed by atoms with E-state index in [2.05, 4.69) is 5.48 Å². The number of hydroxylamine groups is 1. The van der Waals surface area contributed by atoms with Gasteiger partial charge in [0, 0.05) is 13.7 Å². The van der Waals surface area contributed by atoms with Crippen molar-refractivity contribution in [1.29, 1.82) is 0 Å². The van der Waals surface area contributed by atoms with E-state index in [1.54, 1.807) is 7.11 Å². The summed E-state index contributed by atoms with van der Waals surface area (Å²) in [4.78, 5) is 5.23. The van der Waals surface area contributed by atoms with Crippen LogP contribution in [0.15, 0.2) is 30.3 Å². The summed E-state index contributed by atoms with van der Waals surface area (Å²) in [6, 6.07) is 9.82. The second-order valence-electron chi connectivity index (χ2n) is 3.84. The predicted octanol–water partition coefficient (Wildman–Crippen LogP) is 0.732. The lowest BCUT2D eigenvalue weighted by atomic mass is 10.2. The Morgan fingerprint density at radius 1 is 1.22 bits per heavy atom. The Hall–Kier alpha value is -0.980. The molecule has 0 heterocycles. The summed E-state index contributed by atoms with van der Waals surface area (Å²) >= 11 is 0. The van der Waals surface area contributed by atoms with E-state index in [4.69, 9.17) is 14.3 Å². The largest absolute Gasteiger partial charge is 0.389 e. The van der Waals surface area contributed by atoms with Crippen LogP contribution in [0.3, 0.4) is 0 Å². The molecule has 0 aliphatic heterocycles. The Labute approximate surface area is 108 Å². The summed E-state index contributed by atoms with van der Waals surface area (Å²) in [6.45, 7) is 2.09. The van der Waals surface area contributed by atoms with E-state index in [-0.39, 0.29) is 6.61 Å². The van der Waals surface area contributed by atoms with Crippen LogP contribution in [0.1, 0.15) is 5.56 Å². The van der Waals surface area contributed by atoms with Gasteiger partial charge in [-0.15, -0.1) is 0 Å². The van der Waals surface area contributed by atoms with Gasteiger partial charge in [-0.3, -0.25) is 4.84 Å². The maximum atomic E-state index is 9.54. The number of aliphatic hydroxyl groups is 1. The maximum Gasteiger partial charge on any atom is 0.0933 e. The zero-order valence-electron chi connectivity index (χ0n) is 10.7. The Balaban J connectivity index is 1.97. The molecule has 0 bridgehead atoms. The van der Waals surface area contributed by atoms with Crippen LogP contribution >= 0.6 is 0 Å². The van der Waals surface area contributed by atoms with Gasteiger partial charge in [-0.25, -0.2) is 0 Å². The lowest BCUT2D eigenvalue weighted by molar-refractivity contribution is -0.0278. The average Bonchev–Trinajstić information content (AvgIpc) is 2.41. The highest BCUT2D eigenvalue weighted by Gasteiger charge is 2.03. The summed E-state index contributed by atoms with van der Waals surface area (Å²) < 4.78 is 10.0. The van der Waals surface area contributed by atoms with Crippen molar-refractivity contribution >= 4 is 0 Å². The molecule has 5 heteroatoms. The van der Waals surface area contributed by atoms with Gasteiger partial charge >= 0.3 is 0 Å². The topological polar surface area (TPSA) is 60.0 Å². The van der Waals surface area contributed by atoms with Gasteiger partial charge < -0.3 is 14.6 Å². The quantitative estimate of drug-likeness (QED) is 0.477. The van der Waals surface area contributed by atoms with Gasteiger partial charge in [0.1, 0.15) is 0 Å². The molecule has 0 aliphatic carbocycles. The lowest BCUT2D eigenvalue weighted by Gasteiger charge is -2.12. The van der Waals surface area contributed by atoms with E-state index < -0.39 is 6.10 Å². The van der Waals surface area contributed by atoms with Crippen LogP contribution < -0.4 is 5.48 Å². The molecular weight excluding hydrogens is 234 g/mol. The Morgan fingerprint density at radius 2 is 2.00 bits per heavy atom. The smallest absolute Gasteiger partial charge is 0.0933 e. The SMILES string of the molecule is COCCOCC(O)CNOCc1ccccc1. The molecule has 0 saturated heterocycles. The van der Waals surface area contributed by atoms with Gasteiger partial charge in [-0.05, 0) is 5.56 Å². The monoisotopic (exact) mass is 255 g/mol. The first kappa shape index (κ1) is 15.1. The summed E-state index contributed by atoms with van der Waals surface area (Å²) in [5.41, 5.74) is 3.79. The standard InChI is InChI=1S/C13H21NO4/c1-16-7-8-17-11-13(15)9-14-18-10-12-5-3-2-4-6-12/h2-6,13-15H,7-11H2,1H3. The van der Waals surface area contributed by atoms with Gasteiger partial charge in [-0.2, -0.15) is 5.48 Å². The first-order chi connectivity index (χ1) is 8.83. The molecule has 0 saturated carbocycles. The highest BCUT2D eigenvalue weighted by Crippen LogP contribution is 1.98. The number of hydrogen-bond acceptors (Lipinski definition) is 5. The number of methoxy groups -OCH3 is 1. The fourth-order valence-electron chi connectivity index (χ4n) is 1.28. The second-order valence-corrected chi connectivity index (χ2v) is 3.84. The molecule has 0 aromatic heterocycles. The van der Waals surface area contributed by atoms with Crippen molar-refractivity contribution in [2.45, 2.75) is 12.7 Å². The molecule has 0 aliphatic rings. The molecule has 1 aromatic rings. The molecule has 2 N–H and O–H groups in total. The fraction of sp³-hybridized carbons (Fsp3) is 0.538. The van der Waals surface area contributed by atoms with Gasteiger partial charge in [0.05, 0.1) is 32.5 Å². The van der Waals surface area contributed by atoms with Crippen LogP contribution in [0, 0.1) is 0 Å². The second kappa shape index (κ2) is 9.99. The van der Waals surface area contributed by atoms with Gasteiger partial charge in [0.2, 0.25) is 0 Å². The van der Waals surface area contributed by atoms with E-state index in [9.17, 15) is 5.11 Å². The molecule has 1 aromatic carbocycles. The molecular formula is C13H21NO4. The van der Waals surface area contributed by atoms with Crippen molar-refractivity contribution in [1.82, 2.24) is 5.48 Å². The zero-order valence-corrected chi connectivity index (χ0v) is 10.7. The van der Waals surface area contributed by atoms with Crippen LogP contribution in [-0.2, 0) is 20.9 Å². The van der Waals surface area contributed by atoms with E-state index in [1.807, 2.05) is 30.3 Å². The summed E-state index contributed by atoms with van der Waals surface area (Å²) in [6.07, 6.45) is -0.586. The highest BCUT2D eigenvalue weighted by atomic mass is 16.6. The summed E-state index contributed by atoms with van der Waals surface area (Å²) in [7, 11) is 1.61. The predicted molar refractivity (Wildman–Crippen MR) is 67.9 cm³/mol. The molecule has 0 spiro atoms. The van der Waals surface area contributed by atoms with Crippen LogP contribution in [-0.4, -0.2) is 44.7 Å². The molecule has 1 unspecified atom stereocenters. The third kappa shape index (κ3) is 7.37. The minimum Gasteiger partial charge on any atom is -0.389 e. The summed E-state index contributed by atoms with van der Waals surface area (Å²) in [5, 5.41) is 9.54. The Kier molecular flexibility index (Phi) is 8.37. The van der Waals surface area contributed by atoms with Crippen LogP contribution in [0.25, 0.3) is 0 Å². The van der Waals surface area contributed by atoms with Crippen LogP contribution in [0.2, 0.25) is 0 Å². The van der Waals surface area contributed by atoms with E-state index in [0.717, 1.165) is 5.56 Å². The maximum absolute atomic E-state index is 9.54. The van der Waals surface area contributed by atoms with Crippen molar-refractivity contribution in [2.24, 2.45) is 0 Å². The zero-order chi connectivity index (χ0) is 13.1. The molecule has 0 fully saturated rings. The molecule has 5 nitrogen and oxygen atoms in total. The number of benzene rings is 1. The minimum atomic E-state index is -0.586.